The van der Waals surface area contributed by atoms with E-state index in [4.69, 9.17) is 16.7 Å². The Morgan fingerprint density at radius 2 is 2.09 bits per heavy atom. The van der Waals surface area contributed by atoms with Crippen molar-refractivity contribution in [2.45, 2.75) is 23.7 Å². The standard InChI is InChI=1S/C15H17ClFNO3S2/c16-13-10-12(3-4-14(13)17)23(20,21)18-7-5-11(6-8-19)15-2-1-9-22-15/h1-4,9-11,18-19H,5-8H2/t11-/m0/s1. The van der Waals surface area contributed by atoms with Gasteiger partial charge >= 0.3 is 0 Å². The van der Waals surface area contributed by atoms with Gasteiger partial charge in [-0.25, -0.2) is 17.5 Å². The monoisotopic (exact) mass is 377 g/mol. The molecule has 8 heteroatoms. The fraction of sp³-hybridized carbons (Fsp3) is 0.333. The third-order valence-corrected chi connectivity index (χ3v) is 6.19. The molecule has 1 heterocycles. The number of aliphatic hydroxyl groups is 1. The van der Waals surface area contributed by atoms with E-state index in [0.717, 1.165) is 17.0 Å². The Labute approximate surface area is 144 Å². The highest BCUT2D eigenvalue weighted by atomic mass is 35.5. The largest absolute Gasteiger partial charge is 0.396 e. The summed E-state index contributed by atoms with van der Waals surface area (Å²) < 4.78 is 40.0. The van der Waals surface area contributed by atoms with E-state index in [1.54, 1.807) is 11.3 Å². The molecular weight excluding hydrogens is 361 g/mol. The van der Waals surface area contributed by atoms with E-state index >= 15 is 0 Å². The second kappa shape index (κ2) is 8.21. The van der Waals surface area contributed by atoms with Crippen molar-refractivity contribution in [3.05, 3.63) is 51.4 Å². The van der Waals surface area contributed by atoms with Gasteiger partial charge in [-0.1, -0.05) is 17.7 Å². The molecule has 2 aromatic rings. The topological polar surface area (TPSA) is 66.4 Å². The molecule has 0 saturated heterocycles. The molecule has 1 atom stereocenters. The number of sulfonamides is 1. The second-order valence-corrected chi connectivity index (χ2v) is 8.14. The quantitative estimate of drug-likeness (QED) is 0.741. The second-order valence-electron chi connectivity index (χ2n) is 4.99. The fourth-order valence-corrected chi connectivity index (χ4v) is 4.42. The van der Waals surface area contributed by atoms with Crippen LogP contribution in [0.4, 0.5) is 4.39 Å². The number of thiophene rings is 1. The molecule has 2 N–H and O–H groups in total. The summed E-state index contributed by atoms with van der Waals surface area (Å²) >= 11 is 7.20. The molecular formula is C15H17ClFNO3S2. The van der Waals surface area contributed by atoms with Crippen LogP contribution < -0.4 is 4.72 Å². The lowest BCUT2D eigenvalue weighted by molar-refractivity contribution is 0.273. The highest BCUT2D eigenvalue weighted by Crippen LogP contribution is 2.27. The van der Waals surface area contributed by atoms with Crippen molar-refractivity contribution in [2.75, 3.05) is 13.2 Å². The van der Waals surface area contributed by atoms with Crippen molar-refractivity contribution in [1.29, 1.82) is 0 Å². The first kappa shape index (κ1) is 18.4. The predicted molar refractivity (Wildman–Crippen MR) is 90.0 cm³/mol. The smallest absolute Gasteiger partial charge is 0.240 e. The molecule has 4 nitrogen and oxygen atoms in total. The van der Waals surface area contributed by atoms with Crippen LogP contribution in [0.1, 0.15) is 23.6 Å². The Morgan fingerprint density at radius 3 is 2.70 bits per heavy atom. The van der Waals surface area contributed by atoms with Gasteiger partial charge in [0, 0.05) is 18.0 Å². The molecule has 2 rings (SSSR count). The van der Waals surface area contributed by atoms with Gasteiger partial charge in [0.05, 0.1) is 9.92 Å². The Hall–Kier alpha value is -0.990. The van der Waals surface area contributed by atoms with Crippen molar-refractivity contribution in [3.8, 4) is 0 Å². The van der Waals surface area contributed by atoms with Crippen molar-refractivity contribution >= 4 is 33.0 Å². The Morgan fingerprint density at radius 1 is 1.30 bits per heavy atom. The van der Waals surface area contributed by atoms with E-state index in [2.05, 4.69) is 4.72 Å². The van der Waals surface area contributed by atoms with Crippen molar-refractivity contribution < 1.29 is 17.9 Å². The summed E-state index contributed by atoms with van der Waals surface area (Å²) in [6.45, 7) is 0.267. The van der Waals surface area contributed by atoms with Gasteiger partial charge < -0.3 is 5.11 Å². The van der Waals surface area contributed by atoms with Crippen molar-refractivity contribution in [2.24, 2.45) is 0 Å². The highest BCUT2D eigenvalue weighted by Gasteiger charge is 2.17. The number of hydrogen-bond donors (Lipinski definition) is 2. The zero-order chi connectivity index (χ0) is 16.9. The number of nitrogens with one attached hydrogen (secondary N) is 1. The van der Waals surface area contributed by atoms with E-state index in [1.165, 1.54) is 6.07 Å². The van der Waals surface area contributed by atoms with Crippen LogP contribution in [-0.4, -0.2) is 26.7 Å². The van der Waals surface area contributed by atoms with Crippen LogP contribution in [0.5, 0.6) is 0 Å². The molecule has 0 saturated carbocycles. The molecule has 1 aromatic carbocycles. The molecule has 0 amide bonds. The summed E-state index contributed by atoms with van der Waals surface area (Å²) in [5.74, 6) is -0.564. The fourth-order valence-electron chi connectivity index (χ4n) is 2.20. The molecule has 126 valence electrons. The Bertz CT molecular complexity index is 735. The van der Waals surface area contributed by atoms with Crippen LogP contribution in [0.2, 0.25) is 5.02 Å². The summed E-state index contributed by atoms with van der Waals surface area (Å²) in [5, 5.41) is 10.9. The molecule has 1 aromatic heterocycles. The van der Waals surface area contributed by atoms with Gasteiger partial charge in [0.1, 0.15) is 5.82 Å². The summed E-state index contributed by atoms with van der Waals surface area (Å²) in [6, 6.07) is 7.18. The zero-order valence-electron chi connectivity index (χ0n) is 12.2. The molecule has 0 unspecified atom stereocenters. The lowest BCUT2D eigenvalue weighted by Gasteiger charge is -2.15. The lowest BCUT2D eigenvalue weighted by Crippen LogP contribution is -2.26. The van der Waals surface area contributed by atoms with Crippen LogP contribution in [0.15, 0.2) is 40.6 Å². The third kappa shape index (κ3) is 4.99. The average Bonchev–Trinajstić information content (AvgIpc) is 3.03. The minimum Gasteiger partial charge on any atom is -0.396 e. The summed E-state index contributed by atoms with van der Waals surface area (Å²) in [5.41, 5.74) is 0. The van der Waals surface area contributed by atoms with Crippen LogP contribution >= 0.6 is 22.9 Å². The van der Waals surface area contributed by atoms with E-state index in [0.29, 0.717) is 12.8 Å². The van der Waals surface area contributed by atoms with Crippen LogP contribution in [0.3, 0.4) is 0 Å². The van der Waals surface area contributed by atoms with E-state index in [-0.39, 0.29) is 29.0 Å². The third-order valence-electron chi connectivity index (χ3n) is 3.41. The number of benzene rings is 1. The number of hydrogen-bond acceptors (Lipinski definition) is 4. The summed E-state index contributed by atoms with van der Waals surface area (Å²) in [4.78, 5) is 1.04. The number of aliphatic hydroxyl groups excluding tert-OH is 1. The van der Waals surface area contributed by atoms with Gasteiger partial charge in [-0.2, -0.15) is 0 Å². The van der Waals surface area contributed by atoms with E-state index in [1.807, 2.05) is 17.5 Å². The Kier molecular flexibility index (Phi) is 6.55. The molecule has 0 radical (unpaired) electrons. The summed E-state index contributed by atoms with van der Waals surface area (Å²) in [6.07, 6.45) is 1.14. The van der Waals surface area contributed by atoms with Crippen LogP contribution in [0, 0.1) is 5.82 Å². The maximum atomic E-state index is 13.1. The molecule has 23 heavy (non-hydrogen) atoms. The molecule has 0 fully saturated rings. The minimum atomic E-state index is -3.74. The Balaban J connectivity index is 1.99. The molecule has 0 bridgehead atoms. The number of halogens is 2. The van der Waals surface area contributed by atoms with Gasteiger partial charge in [0.15, 0.2) is 0 Å². The van der Waals surface area contributed by atoms with Crippen LogP contribution in [0.25, 0.3) is 0 Å². The van der Waals surface area contributed by atoms with Gasteiger partial charge in [-0.15, -0.1) is 11.3 Å². The van der Waals surface area contributed by atoms with Crippen molar-refractivity contribution in [1.82, 2.24) is 4.72 Å². The van der Waals surface area contributed by atoms with Gasteiger partial charge in [-0.05, 0) is 48.4 Å². The lowest BCUT2D eigenvalue weighted by atomic mass is 10.0. The molecule has 0 aliphatic carbocycles. The molecule has 0 aliphatic rings. The SMILES string of the molecule is O=S(=O)(NCC[C@@H](CCO)c1cccs1)c1ccc(F)c(Cl)c1. The highest BCUT2D eigenvalue weighted by molar-refractivity contribution is 7.89. The van der Waals surface area contributed by atoms with Crippen LogP contribution in [-0.2, 0) is 10.0 Å². The van der Waals surface area contributed by atoms with Gasteiger partial charge in [0.25, 0.3) is 0 Å². The first-order valence-corrected chi connectivity index (χ1v) is 9.77. The average molecular weight is 378 g/mol. The predicted octanol–water partition coefficient (Wildman–Crippen LogP) is 3.38. The number of rotatable bonds is 8. The maximum absolute atomic E-state index is 13.1. The normalized spacial score (nSPS) is 13.2. The first-order chi connectivity index (χ1) is 10.9. The van der Waals surface area contributed by atoms with Gasteiger partial charge in [-0.3, -0.25) is 0 Å². The maximum Gasteiger partial charge on any atom is 0.240 e. The summed E-state index contributed by atoms with van der Waals surface area (Å²) in [7, 11) is -3.74. The van der Waals surface area contributed by atoms with E-state index < -0.39 is 15.8 Å². The molecule has 0 aliphatic heterocycles. The minimum absolute atomic E-state index is 0.0445. The zero-order valence-corrected chi connectivity index (χ0v) is 14.6. The first-order valence-electron chi connectivity index (χ1n) is 7.03. The molecule has 0 spiro atoms. The van der Waals surface area contributed by atoms with Gasteiger partial charge in [0.2, 0.25) is 10.0 Å². The van der Waals surface area contributed by atoms with Crippen molar-refractivity contribution in [3.63, 3.8) is 0 Å². The van der Waals surface area contributed by atoms with E-state index in [9.17, 15) is 12.8 Å².